The van der Waals surface area contributed by atoms with E-state index in [0.717, 1.165) is 39.0 Å². The predicted octanol–water partition coefficient (Wildman–Crippen LogP) is 0.0303. The minimum atomic E-state index is -0.134. The molecule has 0 bridgehead atoms. The second-order valence-corrected chi connectivity index (χ2v) is 5.50. The quantitative estimate of drug-likeness (QED) is 0.701. The van der Waals surface area contributed by atoms with Crippen LogP contribution in [0.3, 0.4) is 0 Å². The maximum atomic E-state index is 11.5. The van der Waals surface area contributed by atoms with Crippen LogP contribution in [0, 0.1) is 0 Å². The van der Waals surface area contributed by atoms with Gasteiger partial charge in [0.15, 0.2) is 0 Å². The van der Waals surface area contributed by atoms with E-state index < -0.39 is 0 Å². The number of nitrogens with two attached hydrogens (primary N) is 1. The van der Waals surface area contributed by atoms with Crippen molar-refractivity contribution in [2.24, 2.45) is 5.73 Å². The lowest BCUT2D eigenvalue weighted by atomic mass is 10.0. The highest BCUT2D eigenvalue weighted by atomic mass is 16.2. The van der Waals surface area contributed by atoms with E-state index in [2.05, 4.69) is 18.7 Å². The summed E-state index contributed by atoms with van der Waals surface area (Å²) in [7, 11) is 0. The highest BCUT2D eigenvalue weighted by Gasteiger charge is 2.36. The molecule has 0 saturated carbocycles. The minimum absolute atomic E-state index is 0.134. The summed E-state index contributed by atoms with van der Waals surface area (Å²) >= 11 is 0. The molecule has 1 unspecified atom stereocenters. The lowest BCUT2D eigenvalue weighted by molar-refractivity contribution is -0.130. The van der Waals surface area contributed by atoms with Crippen LogP contribution in [0.2, 0.25) is 0 Å². The Morgan fingerprint density at radius 3 is 2.87 bits per heavy atom. The fourth-order valence-electron chi connectivity index (χ4n) is 2.65. The van der Waals surface area contributed by atoms with Gasteiger partial charge in [0.05, 0.1) is 0 Å². The standard InChI is InChI=1S/C11H21N3O/c1-11(2,12)8-13-5-6-14-9(7-13)3-4-10(14)15/h9H,3-8,12H2,1-2H3. The number of piperazine rings is 1. The summed E-state index contributed by atoms with van der Waals surface area (Å²) in [5.74, 6) is 0.339. The minimum Gasteiger partial charge on any atom is -0.337 e. The number of amides is 1. The number of hydrogen-bond donors (Lipinski definition) is 1. The Labute approximate surface area is 91.4 Å². The largest absolute Gasteiger partial charge is 0.337 e. The molecule has 0 aliphatic carbocycles. The van der Waals surface area contributed by atoms with Crippen molar-refractivity contribution in [1.29, 1.82) is 0 Å². The molecule has 2 rings (SSSR count). The van der Waals surface area contributed by atoms with Gasteiger partial charge in [-0.3, -0.25) is 9.69 Å². The maximum Gasteiger partial charge on any atom is 0.222 e. The average molecular weight is 211 g/mol. The smallest absolute Gasteiger partial charge is 0.222 e. The van der Waals surface area contributed by atoms with E-state index in [1.807, 2.05) is 4.90 Å². The van der Waals surface area contributed by atoms with Gasteiger partial charge in [0.2, 0.25) is 5.91 Å². The van der Waals surface area contributed by atoms with Gasteiger partial charge in [-0.2, -0.15) is 0 Å². The first-order chi connectivity index (χ1) is 6.96. The van der Waals surface area contributed by atoms with Crippen LogP contribution in [0.15, 0.2) is 0 Å². The molecule has 15 heavy (non-hydrogen) atoms. The van der Waals surface area contributed by atoms with E-state index >= 15 is 0 Å². The Hall–Kier alpha value is -0.610. The summed E-state index contributed by atoms with van der Waals surface area (Å²) in [4.78, 5) is 15.9. The number of fused-ring (bicyclic) bond motifs is 1. The highest BCUT2D eigenvalue weighted by Crippen LogP contribution is 2.23. The van der Waals surface area contributed by atoms with Crippen molar-refractivity contribution in [1.82, 2.24) is 9.80 Å². The molecule has 0 spiro atoms. The summed E-state index contributed by atoms with van der Waals surface area (Å²) in [6.07, 6.45) is 1.77. The molecule has 2 fully saturated rings. The van der Waals surface area contributed by atoms with E-state index in [9.17, 15) is 4.79 Å². The molecule has 0 aromatic rings. The molecular formula is C11H21N3O. The average Bonchev–Trinajstić information content (AvgIpc) is 2.45. The third-order valence-electron chi connectivity index (χ3n) is 3.21. The van der Waals surface area contributed by atoms with Crippen molar-refractivity contribution in [3.63, 3.8) is 0 Å². The monoisotopic (exact) mass is 211 g/mol. The van der Waals surface area contributed by atoms with E-state index in [4.69, 9.17) is 5.73 Å². The molecule has 0 aromatic carbocycles. The van der Waals surface area contributed by atoms with Crippen LogP contribution < -0.4 is 5.73 Å². The van der Waals surface area contributed by atoms with Crippen LogP contribution in [-0.2, 0) is 4.79 Å². The second kappa shape index (κ2) is 3.76. The van der Waals surface area contributed by atoms with Crippen LogP contribution in [0.5, 0.6) is 0 Å². The van der Waals surface area contributed by atoms with Gasteiger partial charge >= 0.3 is 0 Å². The fourth-order valence-corrected chi connectivity index (χ4v) is 2.65. The summed E-state index contributed by atoms with van der Waals surface area (Å²) in [6, 6.07) is 0.452. The lowest BCUT2D eigenvalue weighted by Crippen LogP contribution is -2.56. The fraction of sp³-hybridized carbons (Fsp3) is 0.909. The van der Waals surface area contributed by atoms with Crippen molar-refractivity contribution in [3.05, 3.63) is 0 Å². The maximum absolute atomic E-state index is 11.5. The van der Waals surface area contributed by atoms with Gasteiger partial charge < -0.3 is 10.6 Å². The van der Waals surface area contributed by atoms with Gasteiger partial charge in [0.25, 0.3) is 0 Å². The zero-order chi connectivity index (χ0) is 11.1. The van der Waals surface area contributed by atoms with Gasteiger partial charge in [-0.25, -0.2) is 0 Å². The van der Waals surface area contributed by atoms with Crippen LogP contribution in [0.25, 0.3) is 0 Å². The van der Waals surface area contributed by atoms with E-state index in [1.54, 1.807) is 0 Å². The van der Waals surface area contributed by atoms with Crippen LogP contribution in [-0.4, -0.2) is 53.5 Å². The summed E-state index contributed by atoms with van der Waals surface area (Å²) < 4.78 is 0. The first kappa shape index (κ1) is 10.9. The summed E-state index contributed by atoms with van der Waals surface area (Å²) in [6.45, 7) is 7.90. The molecule has 2 N–H and O–H groups in total. The van der Waals surface area contributed by atoms with E-state index in [-0.39, 0.29) is 5.54 Å². The van der Waals surface area contributed by atoms with E-state index in [1.165, 1.54) is 0 Å². The molecule has 0 radical (unpaired) electrons. The Morgan fingerprint density at radius 2 is 2.20 bits per heavy atom. The molecule has 2 saturated heterocycles. The van der Waals surface area contributed by atoms with Crippen LogP contribution >= 0.6 is 0 Å². The van der Waals surface area contributed by atoms with Crippen molar-refractivity contribution in [2.75, 3.05) is 26.2 Å². The van der Waals surface area contributed by atoms with Gasteiger partial charge in [0.1, 0.15) is 0 Å². The first-order valence-electron chi connectivity index (χ1n) is 5.76. The molecule has 86 valence electrons. The molecule has 2 aliphatic rings. The Bertz CT molecular complexity index is 259. The molecule has 1 atom stereocenters. The SMILES string of the molecule is CC(C)(N)CN1CCN2C(=O)CCC2C1. The molecule has 1 amide bonds. The molecule has 0 aromatic heterocycles. The molecule has 4 nitrogen and oxygen atoms in total. The Kier molecular flexibility index (Phi) is 2.73. The van der Waals surface area contributed by atoms with Crippen molar-refractivity contribution in [2.45, 2.75) is 38.3 Å². The number of carbonyl (C=O) groups excluding carboxylic acids is 1. The molecule has 4 heteroatoms. The Balaban J connectivity index is 1.91. The highest BCUT2D eigenvalue weighted by molar-refractivity contribution is 5.78. The normalized spacial score (nSPS) is 28.3. The van der Waals surface area contributed by atoms with Crippen molar-refractivity contribution < 1.29 is 4.79 Å². The number of nitrogens with zero attached hydrogens (tertiary/aromatic N) is 2. The zero-order valence-electron chi connectivity index (χ0n) is 9.70. The zero-order valence-corrected chi connectivity index (χ0v) is 9.70. The predicted molar refractivity (Wildman–Crippen MR) is 59.4 cm³/mol. The van der Waals surface area contributed by atoms with Gasteiger partial charge in [-0.1, -0.05) is 0 Å². The van der Waals surface area contributed by atoms with Gasteiger partial charge in [0, 0.05) is 44.2 Å². The Morgan fingerprint density at radius 1 is 1.47 bits per heavy atom. The third kappa shape index (κ3) is 2.49. The first-order valence-corrected chi connectivity index (χ1v) is 5.76. The lowest BCUT2D eigenvalue weighted by Gasteiger charge is -2.40. The van der Waals surface area contributed by atoms with Crippen molar-refractivity contribution >= 4 is 5.91 Å². The van der Waals surface area contributed by atoms with Gasteiger partial charge in [-0.15, -0.1) is 0 Å². The molecule has 2 aliphatic heterocycles. The van der Waals surface area contributed by atoms with Gasteiger partial charge in [-0.05, 0) is 20.3 Å². The van der Waals surface area contributed by atoms with E-state index in [0.29, 0.717) is 11.9 Å². The third-order valence-corrected chi connectivity index (χ3v) is 3.21. The summed E-state index contributed by atoms with van der Waals surface area (Å²) in [5, 5.41) is 0. The van der Waals surface area contributed by atoms with Crippen molar-refractivity contribution in [3.8, 4) is 0 Å². The number of carbonyl (C=O) groups is 1. The van der Waals surface area contributed by atoms with Crippen LogP contribution in [0.4, 0.5) is 0 Å². The van der Waals surface area contributed by atoms with Crippen LogP contribution in [0.1, 0.15) is 26.7 Å². The summed E-state index contributed by atoms with van der Waals surface area (Å²) in [5.41, 5.74) is 5.87. The number of rotatable bonds is 2. The topological polar surface area (TPSA) is 49.6 Å². The molecule has 2 heterocycles. The molecular weight excluding hydrogens is 190 g/mol. The second-order valence-electron chi connectivity index (χ2n) is 5.50. The number of hydrogen-bond acceptors (Lipinski definition) is 3.